The van der Waals surface area contributed by atoms with Crippen LogP contribution in [0.25, 0.3) is 11.3 Å². The van der Waals surface area contributed by atoms with Gasteiger partial charge in [0.1, 0.15) is 5.75 Å². The molecule has 6 nitrogen and oxygen atoms in total. The number of nitrogens with one attached hydrogen (secondary N) is 1. The van der Waals surface area contributed by atoms with Gasteiger partial charge in [0.25, 0.3) is 11.5 Å². The lowest BCUT2D eigenvalue weighted by atomic mass is 10.1. The highest BCUT2D eigenvalue weighted by Crippen LogP contribution is 2.13. The zero-order valence-corrected chi connectivity index (χ0v) is 15.1. The summed E-state index contributed by atoms with van der Waals surface area (Å²) >= 11 is 0. The van der Waals surface area contributed by atoms with Gasteiger partial charge in [-0.1, -0.05) is 42.5 Å². The van der Waals surface area contributed by atoms with E-state index in [1.54, 1.807) is 6.07 Å². The van der Waals surface area contributed by atoms with Gasteiger partial charge in [-0.25, -0.2) is 4.98 Å². The fourth-order valence-corrected chi connectivity index (χ4v) is 2.58. The van der Waals surface area contributed by atoms with Crippen molar-refractivity contribution in [3.05, 3.63) is 82.9 Å². The molecule has 3 rings (SSSR count). The molecule has 1 aromatic heterocycles. The number of hydrogen-bond acceptors (Lipinski definition) is 4. The molecule has 27 heavy (non-hydrogen) atoms. The lowest BCUT2D eigenvalue weighted by Gasteiger charge is -2.09. The van der Waals surface area contributed by atoms with E-state index < -0.39 is 0 Å². The van der Waals surface area contributed by atoms with Crippen molar-refractivity contribution in [2.75, 3.05) is 13.2 Å². The SMILES string of the molecule is Cc1cccc(OCC(=O)NCCn2cnc(-c3ccccc3)cc2=O)c1. The number of amides is 1. The summed E-state index contributed by atoms with van der Waals surface area (Å²) in [5, 5.41) is 2.74. The van der Waals surface area contributed by atoms with Gasteiger partial charge in [0, 0.05) is 24.7 Å². The van der Waals surface area contributed by atoms with Gasteiger partial charge >= 0.3 is 0 Å². The largest absolute Gasteiger partial charge is 0.484 e. The Morgan fingerprint density at radius 1 is 1.11 bits per heavy atom. The van der Waals surface area contributed by atoms with Crippen molar-refractivity contribution < 1.29 is 9.53 Å². The smallest absolute Gasteiger partial charge is 0.258 e. The van der Waals surface area contributed by atoms with E-state index >= 15 is 0 Å². The van der Waals surface area contributed by atoms with Crippen LogP contribution < -0.4 is 15.6 Å². The van der Waals surface area contributed by atoms with Gasteiger partial charge in [0.05, 0.1) is 12.0 Å². The molecule has 2 aromatic carbocycles. The molecule has 6 heteroatoms. The number of aryl methyl sites for hydroxylation is 1. The van der Waals surface area contributed by atoms with E-state index in [9.17, 15) is 9.59 Å². The lowest BCUT2D eigenvalue weighted by Crippen LogP contribution is -2.33. The lowest BCUT2D eigenvalue weighted by molar-refractivity contribution is -0.123. The maximum atomic E-state index is 12.2. The number of carbonyl (C=O) groups is 1. The Balaban J connectivity index is 1.48. The molecule has 1 amide bonds. The average Bonchev–Trinajstić information content (AvgIpc) is 2.68. The van der Waals surface area contributed by atoms with Crippen LogP contribution in [-0.4, -0.2) is 28.6 Å². The number of aromatic nitrogens is 2. The van der Waals surface area contributed by atoms with Gasteiger partial charge < -0.3 is 10.1 Å². The van der Waals surface area contributed by atoms with E-state index in [2.05, 4.69) is 10.3 Å². The quantitative estimate of drug-likeness (QED) is 0.700. The Hall–Kier alpha value is -3.41. The van der Waals surface area contributed by atoms with E-state index in [4.69, 9.17) is 4.74 Å². The van der Waals surface area contributed by atoms with Crippen LogP contribution in [0.4, 0.5) is 0 Å². The molecule has 0 saturated carbocycles. The van der Waals surface area contributed by atoms with Crippen LogP contribution in [0.3, 0.4) is 0 Å². The molecule has 0 atom stereocenters. The molecule has 0 saturated heterocycles. The highest BCUT2D eigenvalue weighted by molar-refractivity contribution is 5.77. The van der Waals surface area contributed by atoms with Gasteiger partial charge in [0.15, 0.2) is 6.61 Å². The molecule has 0 bridgehead atoms. The third kappa shape index (κ3) is 5.28. The van der Waals surface area contributed by atoms with Crippen LogP contribution in [0.1, 0.15) is 5.56 Å². The van der Waals surface area contributed by atoms with Crippen molar-refractivity contribution in [3.63, 3.8) is 0 Å². The standard InChI is InChI=1S/C21H21N3O3/c1-16-6-5-9-18(12-16)27-14-20(25)22-10-11-24-15-23-19(13-21(24)26)17-7-3-2-4-8-17/h2-9,12-13,15H,10-11,14H2,1H3,(H,22,25). The average molecular weight is 363 g/mol. The summed E-state index contributed by atoms with van der Waals surface area (Å²) in [5.41, 5.74) is 2.43. The second-order valence-electron chi connectivity index (χ2n) is 6.13. The Labute approximate surface area is 157 Å². The van der Waals surface area contributed by atoms with Crippen molar-refractivity contribution in [2.24, 2.45) is 0 Å². The minimum absolute atomic E-state index is 0.0659. The molecule has 0 aliphatic carbocycles. The molecular weight excluding hydrogens is 342 g/mol. The first-order valence-corrected chi connectivity index (χ1v) is 8.70. The van der Waals surface area contributed by atoms with Crippen LogP contribution in [0.2, 0.25) is 0 Å². The summed E-state index contributed by atoms with van der Waals surface area (Å²) in [5.74, 6) is 0.417. The summed E-state index contributed by atoms with van der Waals surface area (Å²) in [6.45, 7) is 2.56. The third-order valence-corrected chi connectivity index (χ3v) is 3.98. The third-order valence-electron chi connectivity index (χ3n) is 3.98. The first-order valence-electron chi connectivity index (χ1n) is 8.70. The number of rotatable bonds is 7. The molecule has 138 valence electrons. The van der Waals surface area contributed by atoms with Crippen LogP contribution in [-0.2, 0) is 11.3 Å². The van der Waals surface area contributed by atoms with E-state index in [0.717, 1.165) is 11.1 Å². The minimum atomic E-state index is -0.238. The Morgan fingerprint density at radius 2 is 1.93 bits per heavy atom. The van der Waals surface area contributed by atoms with E-state index in [1.165, 1.54) is 17.0 Å². The molecular formula is C21H21N3O3. The predicted octanol–water partition coefficient (Wildman–Crippen LogP) is 2.41. The summed E-state index contributed by atoms with van der Waals surface area (Å²) in [6.07, 6.45) is 1.50. The Bertz CT molecular complexity index is 968. The monoisotopic (exact) mass is 363 g/mol. The number of ether oxygens (including phenoxy) is 1. The second kappa shape index (κ2) is 8.80. The second-order valence-corrected chi connectivity index (χ2v) is 6.13. The molecule has 0 aliphatic rings. The summed E-state index contributed by atoms with van der Waals surface area (Å²) in [6, 6.07) is 18.5. The van der Waals surface area contributed by atoms with E-state index in [0.29, 0.717) is 24.5 Å². The van der Waals surface area contributed by atoms with Crippen LogP contribution in [0, 0.1) is 6.92 Å². The molecule has 0 fully saturated rings. The Kier molecular flexibility index (Phi) is 5.99. The highest BCUT2D eigenvalue weighted by Gasteiger charge is 2.05. The maximum Gasteiger partial charge on any atom is 0.258 e. The summed E-state index contributed by atoms with van der Waals surface area (Å²) < 4.78 is 6.91. The molecule has 0 radical (unpaired) electrons. The summed E-state index contributed by atoms with van der Waals surface area (Å²) in [4.78, 5) is 28.4. The van der Waals surface area contributed by atoms with Gasteiger partial charge in [-0.2, -0.15) is 0 Å². The van der Waals surface area contributed by atoms with E-state index in [1.807, 2.05) is 55.5 Å². The normalized spacial score (nSPS) is 10.4. The van der Waals surface area contributed by atoms with Crippen molar-refractivity contribution in [3.8, 4) is 17.0 Å². The number of hydrogen-bond donors (Lipinski definition) is 1. The maximum absolute atomic E-state index is 12.2. The fraction of sp³-hybridized carbons (Fsp3) is 0.190. The van der Waals surface area contributed by atoms with Crippen LogP contribution in [0.15, 0.2) is 71.8 Å². The van der Waals surface area contributed by atoms with Crippen molar-refractivity contribution in [1.82, 2.24) is 14.9 Å². The van der Waals surface area contributed by atoms with E-state index in [-0.39, 0.29) is 18.1 Å². The summed E-state index contributed by atoms with van der Waals surface area (Å²) in [7, 11) is 0. The first kappa shape index (κ1) is 18.4. The van der Waals surface area contributed by atoms with Gasteiger partial charge in [0.2, 0.25) is 0 Å². The molecule has 0 unspecified atom stereocenters. The van der Waals surface area contributed by atoms with Crippen molar-refractivity contribution in [1.29, 1.82) is 0 Å². The molecule has 0 spiro atoms. The van der Waals surface area contributed by atoms with Crippen molar-refractivity contribution in [2.45, 2.75) is 13.5 Å². The van der Waals surface area contributed by atoms with Crippen molar-refractivity contribution >= 4 is 5.91 Å². The van der Waals surface area contributed by atoms with Crippen LogP contribution in [0.5, 0.6) is 5.75 Å². The first-order chi connectivity index (χ1) is 13.1. The fourth-order valence-electron chi connectivity index (χ4n) is 2.58. The van der Waals surface area contributed by atoms with Gasteiger partial charge in [-0.05, 0) is 24.6 Å². The van der Waals surface area contributed by atoms with Crippen LogP contribution >= 0.6 is 0 Å². The molecule has 3 aromatic rings. The number of carbonyl (C=O) groups excluding carboxylic acids is 1. The molecule has 1 heterocycles. The topological polar surface area (TPSA) is 73.2 Å². The molecule has 0 aliphatic heterocycles. The highest BCUT2D eigenvalue weighted by atomic mass is 16.5. The van der Waals surface area contributed by atoms with Gasteiger partial charge in [-0.15, -0.1) is 0 Å². The zero-order valence-electron chi connectivity index (χ0n) is 15.1. The number of nitrogens with zero attached hydrogens (tertiary/aromatic N) is 2. The molecule has 1 N–H and O–H groups in total. The minimum Gasteiger partial charge on any atom is -0.484 e. The Morgan fingerprint density at radius 3 is 2.67 bits per heavy atom. The predicted molar refractivity (Wildman–Crippen MR) is 104 cm³/mol. The van der Waals surface area contributed by atoms with Gasteiger partial charge in [-0.3, -0.25) is 14.2 Å². The zero-order chi connectivity index (χ0) is 19.1. The number of benzene rings is 2.